The molecule has 0 saturated carbocycles. The van der Waals surface area contributed by atoms with Crippen LogP contribution in [0.1, 0.15) is 39.5 Å². The number of rotatable bonds is 8. The molecule has 0 N–H and O–H groups in total. The standard InChI is InChI=1S/C17H30N4O3/c1-5-7-9-20-13-11-18(3)15(20)23-17(22)24-16-19(4)12-14-21(16)10-8-6-2/h11-16H,5-10H2,1-4H3. The summed E-state index contributed by atoms with van der Waals surface area (Å²) < 4.78 is 11.1. The fraction of sp³-hybridized carbons (Fsp3) is 0.706. The van der Waals surface area contributed by atoms with Crippen LogP contribution in [-0.2, 0) is 9.47 Å². The summed E-state index contributed by atoms with van der Waals surface area (Å²) in [6.45, 7) is 5.98. The first-order valence-corrected chi connectivity index (χ1v) is 8.76. The molecule has 0 bridgehead atoms. The quantitative estimate of drug-likeness (QED) is 0.631. The van der Waals surface area contributed by atoms with Gasteiger partial charge in [-0.1, -0.05) is 26.7 Å². The van der Waals surface area contributed by atoms with E-state index >= 15 is 0 Å². The number of nitrogens with zero attached hydrogens (tertiary/aromatic N) is 4. The zero-order valence-electron chi connectivity index (χ0n) is 15.2. The minimum absolute atomic E-state index is 0.437. The third-order valence-electron chi connectivity index (χ3n) is 4.19. The van der Waals surface area contributed by atoms with Crippen LogP contribution < -0.4 is 0 Å². The summed E-state index contributed by atoms with van der Waals surface area (Å²) in [6.07, 6.45) is 10.5. The van der Waals surface area contributed by atoms with Crippen molar-refractivity contribution in [2.45, 2.75) is 52.2 Å². The van der Waals surface area contributed by atoms with Crippen molar-refractivity contribution in [3.63, 3.8) is 0 Å². The molecule has 2 atom stereocenters. The van der Waals surface area contributed by atoms with E-state index < -0.39 is 18.9 Å². The maximum Gasteiger partial charge on any atom is 0.514 e. The topological polar surface area (TPSA) is 48.5 Å². The van der Waals surface area contributed by atoms with Crippen LogP contribution in [0.25, 0.3) is 0 Å². The molecule has 0 aromatic rings. The van der Waals surface area contributed by atoms with E-state index in [1.54, 1.807) is 0 Å². The van der Waals surface area contributed by atoms with Crippen molar-refractivity contribution < 1.29 is 14.3 Å². The molecule has 0 aromatic carbocycles. The Morgan fingerprint density at radius 2 is 1.25 bits per heavy atom. The first-order chi connectivity index (χ1) is 11.6. The molecule has 136 valence electrons. The van der Waals surface area contributed by atoms with Gasteiger partial charge in [0.1, 0.15) is 0 Å². The second kappa shape index (κ2) is 8.70. The lowest BCUT2D eigenvalue weighted by atomic mass is 10.3. The molecule has 2 aliphatic heterocycles. The predicted molar refractivity (Wildman–Crippen MR) is 92.2 cm³/mol. The van der Waals surface area contributed by atoms with Gasteiger partial charge in [-0.3, -0.25) is 0 Å². The molecule has 0 saturated heterocycles. The van der Waals surface area contributed by atoms with Crippen molar-refractivity contribution in [2.24, 2.45) is 0 Å². The Bertz CT molecular complexity index is 429. The Hall–Kier alpha value is -2.05. The number of carbonyl (C=O) groups is 1. The summed E-state index contributed by atoms with van der Waals surface area (Å²) in [5, 5.41) is 0. The molecule has 2 aliphatic rings. The smallest absolute Gasteiger partial charge is 0.391 e. The van der Waals surface area contributed by atoms with Gasteiger partial charge in [-0.05, 0) is 12.8 Å². The van der Waals surface area contributed by atoms with Crippen molar-refractivity contribution in [3.8, 4) is 0 Å². The molecule has 0 amide bonds. The van der Waals surface area contributed by atoms with Crippen LogP contribution in [0.3, 0.4) is 0 Å². The lowest BCUT2D eigenvalue weighted by molar-refractivity contribution is -0.122. The minimum atomic E-state index is -0.654. The van der Waals surface area contributed by atoms with Crippen LogP contribution in [0.4, 0.5) is 4.79 Å². The van der Waals surface area contributed by atoms with E-state index in [9.17, 15) is 4.79 Å². The first-order valence-electron chi connectivity index (χ1n) is 8.76. The summed E-state index contributed by atoms with van der Waals surface area (Å²) in [5.41, 5.74) is 0. The van der Waals surface area contributed by atoms with Crippen LogP contribution in [0, 0.1) is 0 Å². The highest BCUT2D eigenvalue weighted by Crippen LogP contribution is 2.20. The molecule has 2 heterocycles. The average molecular weight is 338 g/mol. The van der Waals surface area contributed by atoms with Gasteiger partial charge in [0.2, 0.25) is 0 Å². The van der Waals surface area contributed by atoms with Crippen molar-refractivity contribution in [1.29, 1.82) is 0 Å². The monoisotopic (exact) mass is 338 g/mol. The van der Waals surface area contributed by atoms with E-state index in [1.807, 2.05) is 58.5 Å². The van der Waals surface area contributed by atoms with E-state index in [-0.39, 0.29) is 0 Å². The van der Waals surface area contributed by atoms with Gasteiger partial charge in [-0.15, -0.1) is 0 Å². The predicted octanol–water partition coefficient (Wildman–Crippen LogP) is 2.74. The fourth-order valence-corrected chi connectivity index (χ4v) is 2.70. The summed E-state index contributed by atoms with van der Waals surface area (Å²) in [7, 11) is 3.77. The summed E-state index contributed by atoms with van der Waals surface area (Å²) in [4.78, 5) is 20.0. The number of unbranched alkanes of at least 4 members (excludes halogenated alkanes) is 2. The van der Waals surface area contributed by atoms with Crippen molar-refractivity contribution in [3.05, 3.63) is 24.8 Å². The van der Waals surface area contributed by atoms with Crippen molar-refractivity contribution >= 4 is 6.16 Å². The van der Waals surface area contributed by atoms with Crippen LogP contribution in [-0.4, -0.2) is 65.6 Å². The molecule has 7 nitrogen and oxygen atoms in total. The summed E-state index contributed by atoms with van der Waals surface area (Å²) >= 11 is 0. The van der Waals surface area contributed by atoms with E-state index in [1.165, 1.54) is 0 Å². The van der Waals surface area contributed by atoms with E-state index in [4.69, 9.17) is 9.47 Å². The largest absolute Gasteiger partial charge is 0.514 e. The second-order valence-corrected chi connectivity index (χ2v) is 6.25. The lowest BCUT2D eigenvalue weighted by Crippen LogP contribution is -2.45. The minimum Gasteiger partial charge on any atom is -0.391 e. The van der Waals surface area contributed by atoms with Gasteiger partial charge in [0.15, 0.2) is 0 Å². The average Bonchev–Trinajstić information content (AvgIpc) is 3.08. The van der Waals surface area contributed by atoms with E-state index in [0.717, 1.165) is 38.8 Å². The lowest BCUT2D eigenvalue weighted by Gasteiger charge is -2.32. The summed E-state index contributed by atoms with van der Waals surface area (Å²) in [5.74, 6) is 0. The van der Waals surface area contributed by atoms with Gasteiger partial charge in [0.25, 0.3) is 12.7 Å². The highest BCUT2D eigenvalue weighted by atomic mass is 16.8. The van der Waals surface area contributed by atoms with E-state index in [0.29, 0.717) is 0 Å². The Morgan fingerprint density at radius 1 is 0.833 bits per heavy atom. The molecule has 0 aromatic heterocycles. The molecule has 0 fully saturated rings. The van der Waals surface area contributed by atoms with Crippen LogP contribution >= 0.6 is 0 Å². The Balaban J connectivity index is 1.87. The maximum atomic E-state index is 12.3. The van der Waals surface area contributed by atoms with Gasteiger partial charge in [-0.2, -0.15) is 0 Å². The molecule has 0 radical (unpaired) electrons. The number of hydrogen-bond donors (Lipinski definition) is 0. The highest BCUT2D eigenvalue weighted by Gasteiger charge is 2.32. The third kappa shape index (κ3) is 4.49. The zero-order chi connectivity index (χ0) is 17.5. The van der Waals surface area contributed by atoms with Gasteiger partial charge in [0.05, 0.1) is 0 Å². The molecule has 2 unspecified atom stereocenters. The molecule has 7 heteroatoms. The molecule has 0 spiro atoms. The van der Waals surface area contributed by atoms with Gasteiger partial charge >= 0.3 is 6.16 Å². The number of hydrogen-bond acceptors (Lipinski definition) is 7. The van der Waals surface area contributed by atoms with Crippen molar-refractivity contribution in [2.75, 3.05) is 27.2 Å². The van der Waals surface area contributed by atoms with Crippen molar-refractivity contribution in [1.82, 2.24) is 19.6 Å². The summed E-state index contributed by atoms with van der Waals surface area (Å²) in [6, 6.07) is 0. The Kier molecular flexibility index (Phi) is 6.63. The Labute approximate surface area is 145 Å². The molecular weight excluding hydrogens is 308 g/mol. The molecule has 2 rings (SSSR count). The Morgan fingerprint density at radius 3 is 1.62 bits per heavy atom. The fourth-order valence-electron chi connectivity index (χ4n) is 2.70. The first kappa shape index (κ1) is 18.3. The SMILES string of the molecule is CCCCN1C=CN(C)C1OC(=O)OC1N(C)C=CN1CCCC. The number of carbonyl (C=O) groups excluding carboxylic acids is 1. The second-order valence-electron chi connectivity index (χ2n) is 6.25. The van der Waals surface area contributed by atoms with Crippen LogP contribution in [0.2, 0.25) is 0 Å². The number of ether oxygens (including phenoxy) is 2. The van der Waals surface area contributed by atoms with E-state index in [2.05, 4.69) is 13.8 Å². The normalized spacial score (nSPS) is 22.7. The van der Waals surface area contributed by atoms with Gasteiger partial charge < -0.3 is 29.1 Å². The molecular formula is C17H30N4O3. The molecule has 24 heavy (non-hydrogen) atoms. The zero-order valence-corrected chi connectivity index (χ0v) is 15.2. The maximum absolute atomic E-state index is 12.3. The van der Waals surface area contributed by atoms with Gasteiger partial charge in [-0.25, -0.2) is 4.79 Å². The van der Waals surface area contributed by atoms with Crippen LogP contribution in [0.15, 0.2) is 24.8 Å². The van der Waals surface area contributed by atoms with Gasteiger partial charge in [0, 0.05) is 52.0 Å². The third-order valence-corrected chi connectivity index (χ3v) is 4.19. The highest BCUT2D eigenvalue weighted by molar-refractivity contribution is 5.60. The molecule has 0 aliphatic carbocycles. The van der Waals surface area contributed by atoms with Crippen LogP contribution in [0.5, 0.6) is 0 Å².